The Labute approximate surface area is 160 Å². The highest BCUT2D eigenvalue weighted by molar-refractivity contribution is 7.89. The zero-order valence-electron chi connectivity index (χ0n) is 15.5. The van der Waals surface area contributed by atoms with Gasteiger partial charge in [-0.2, -0.15) is 4.31 Å². The molecule has 27 heavy (non-hydrogen) atoms. The van der Waals surface area contributed by atoms with Crippen LogP contribution >= 0.6 is 0 Å². The molecule has 6 nitrogen and oxygen atoms in total. The van der Waals surface area contributed by atoms with Gasteiger partial charge in [0, 0.05) is 44.0 Å². The number of nitrogens with zero attached hydrogens (tertiary/aromatic N) is 2. The van der Waals surface area contributed by atoms with Gasteiger partial charge in [0.2, 0.25) is 10.0 Å². The standard InChI is InChI=1S/C20H25N3O3S/c1-2-12-21-20(24)17-8-10-19(11-9-17)27(25,26)23-15-13-22(14-16-23)18-6-4-3-5-7-18/h3-11H,2,12-16H2,1H3,(H,21,24). The number of sulfonamides is 1. The van der Waals surface area contributed by atoms with E-state index in [0.717, 1.165) is 12.1 Å². The van der Waals surface area contributed by atoms with Crippen molar-refractivity contribution in [2.45, 2.75) is 18.2 Å². The molecule has 1 fully saturated rings. The third-order valence-corrected chi connectivity index (χ3v) is 6.56. The van der Waals surface area contributed by atoms with Crippen LogP contribution in [0.2, 0.25) is 0 Å². The van der Waals surface area contributed by atoms with Crippen molar-refractivity contribution >= 4 is 21.6 Å². The SMILES string of the molecule is CCCNC(=O)c1ccc(S(=O)(=O)N2CCN(c3ccccc3)CC2)cc1. The predicted molar refractivity (Wildman–Crippen MR) is 106 cm³/mol. The van der Waals surface area contributed by atoms with Gasteiger partial charge in [0.1, 0.15) is 0 Å². The van der Waals surface area contributed by atoms with Gasteiger partial charge in [-0.05, 0) is 42.8 Å². The summed E-state index contributed by atoms with van der Waals surface area (Å²) in [5.41, 5.74) is 1.58. The van der Waals surface area contributed by atoms with Crippen LogP contribution in [-0.4, -0.2) is 51.4 Å². The second-order valence-corrected chi connectivity index (χ2v) is 8.44. The van der Waals surface area contributed by atoms with Crippen LogP contribution in [0, 0.1) is 0 Å². The molecule has 0 aliphatic carbocycles. The Bertz CT molecular complexity index is 859. The first kappa shape index (κ1) is 19.4. The molecular formula is C20H25N3O3S. The summed E-state index contributed by atoms with van der Waals surface area (Å²) < 4.78 is 27.3. The number of hydrogen-bond donors (Lipinski definition) is 1. The highest BCUT2D eigenvalue weighted by atomic mass is 32.2. The van der Waals surface area contributed by atoms with E-state index in [-0.39, 0.29) is 10.8 Å². The number of carbonyl (C=O) groups is 1. The van der Waals surface area contributed by atoms with Gasteiger partial charge >= 0.3 is 0 Å². The van der Waals surface area contributed by atoms with Gasteiger partial charge in [-0.15, -0.1) is 0 Å². The van der Waals surface area contributed by atoms with Crippen LogP contribution < -0.4 is 10.2 Å². The van der Waals surface area contributed by atoms with Gasteiger partial charge in [0.05, 0.1) is 4.90 Å². The Morgan fingerprint density at radius 2 is 1.59 bits per heavy atom. The molecule has 2 aromatic rings. The monoisotopic (exact) mass is 387 g/mol. The van der Waals surface area contributed by atoms with Crippen molar-refractivity contribution in [2.24, 2.45) is 0 Å². The molecule has 1 aliphatic rings. The largest absolute Gasteiger partial charge is 0.369 e. The molecule has 1 aliphatic heterocycles. The second kappa shape index (κ2) is 8.54. The highest BCUT2D eigenvalue weighted by Gasteiger charge is 2.28. The first-order valence-corrected chi connectivity index (χ1v) is 10.6. The van der Waals surface area contributed by atoms with E-state index in [4.69, 9.17) is 0 Å². The zero-order chi connectivity index (χ0) is 19.3. The molecule has 1 N–H and O–H groups in total. The van der Waals surface area contributed by atoms with Crippen molar-refractivity contribution in [3.63, 3.8) is 0 Å². The van der Waals surface area contributed by atoms with Gasteiger partial charge in [-0.1, -0.05) is 25.1 Å². The minimum atomic E-state index is -3.55. The molecule has 144 valence electrons. The Hall–Kier alpha value is -2.38. The summed E-state index contributed by atoms with van der Waals surface area (Å²) in [7, 11) is -3.55. The van der Waals surface area contributed by atoms with E-state index in [1.54, 1.807) is 12.1 Å². The number of piperazine rings is 1. The van der Waals surface area contributed by atoms with E-state index < -0.39 is 10.0 Å². The van der Waals surface area contributed by atoms with Crippen molar-refractivity contribution in [3.05, 3.63) is 60.2 Å². The van der Waals surface area contributed by atoms with E-state index in [1.807, 2.05) is 37.3 Å². The Morgan fingerprint density at radius 3 is 2.19 bits per heavy atom. The maximum Gasteiger partial charge on any atom is 0.251 e. The normalized spacial score (nSPS) is 15.5. The van der Waals surface area contributed by atoms with Crippen molar-refractivity contribution in [1.29, 1.82) is 0 Å². The van der Waals surface area contributed by atoms with Crippen LogP contribution in [-0.2, 0) is 10.0 Å². The number of carbonyl (C=O) groups excluding carboxylic acids is 1. The van der Waals surface area contributed by atoms with Crippen LogP contribution in [0.1, 0.15) is 23.7 Å². The van der Waals surface area contributed by atoms with Crippen molar-refractivity contribution < 1.29 is 13.2 Å². The molecule has 0 atom stereocenters. The van der Waals surface area contributed by atoms with Gasteiger partial charge in [-0.3, -0.25) is 4.79 Å². The van der Waals surface area contributed by atoms with E-state index in [2.05, 4.69) is 10.2 Å². The summed E-state index contributed by atoms with van der Waals surface area (Å²) in [5, 5.41) is 2.79. The number of para-hydroxylation sites is 1. The van der Waals surface area contributed by atoms with Crippen LogP contribution in [0.25, 0.3) is 0 Å². The first-order chi connectivity index (χ1) is 13.0. The van der Waals surface area contributed by atoms with Crippen molar-refractivity contribution in [2.75, 3.05) is 37.6 Å². The fraction of sp³-hybridized carbons (Fsp3) is 0.350. The fourth-order valence-electron chi connectivity index (χ4n) is 3.09. The molecular weight excluding hydrogens is 362 g/mol. The zero-order valence-corrected chi connectivity index (χ0v) is 16.3. The number of nitrogens with one attached hydrogen (secondary N) is 1. The summed E-state index contributed by atoms with van der Waals surface area (Å²) in [6.07, 6.45) is 0.854. The molecule has 1 amide bonds. The van der Waals surface area contributed by atoms with E-state index in [1.165, 1.54) is 16.4 Å². The topological polar surface area (TPSA) is 69.7 Å². The maximum absolute atomic E-state index is 12.9. The summed E-state index contributed by atoms with van der Waals surface area (Å²) in [4.78, 5) is 14.4. The van der Waals surface area contributed by atoms with Crippen LogP contribution in [0.4, 0.5) is 5.69 Å². The Kier molecular flexibility index (Phi) is 6.13. The lowest BCUT2D eigenvalue weighted by atomic mass is 10.2. The Balaban J connectivity index is 1.65. The molecule has 0 radical (unpaired) electrons. The molecule has 0 saturated carbocycles. The summed E-state index contributed by atoms with van der Waals surface area (Å²) in [6.45, 7) is 4.77. The predicted octanol–water partition coefficient (Wildman–Crippen LogP) is 2.34. The molecule has 0 spiro atoms. The van der Waals surface area contributed by atoms with Crippen LogP contribution in [0.5, 0.6) is 0 Å². The molecule has 0 bridgehead atoms. The molecule has 7 heteroatoms. The molecule has 0 aromatic heterocycles. The molecule has 2 aromatic carbocycles. The second-order valence-electron chi connectivity index (χ2n) is 6.51. The van der Waals surface area contributed by atoms with E-state index >= 15 is 0 Å². The molecule has 1 heterocycles. The molecule has 3 rings (SSSR count). The van der Waals surface area contributed by atoms with Crippen LogP contribution in [0.15, 0.2) is 59.5 Å². The quantitative estimate of drug-likeness (QED) is 0.826. The lowest BCUT2D eigenvalue weighted by Gasteiger charge is -2.35. The van der Waals surface area contributed by atoms with Gasteiger partial charge < -0.3 is 10.2 Å². The van der Waals surface area contributed by atoms with Gasteiger partial charge in [-0.25, -0.2) is 8.42 Å². The number of rotatable bonds is 6. The maximum atomic E-state index is 12.9. The summed E-state index contributed by atoms with van der Waals surface area (Å²) in [6, 6.07) is 16.2. The smallest absolute Gasteiger partial charge is 0.251 e. The van der Waals surface area contributed by atoms with Crippen molar-refractivity contribution in [3.8, 4) is 0 Å². The molecule has 1 saturated heterocycles. The number of benzene rings is 2. The minimum Gasteiger partial charge on any atom is -0.369 e. The third-order valence-electron chi connectivity index (χ3n) is 4.65. The highest BCUT2D eigenvalue weighted by Crippen LogP contribution is 2.21. The Morgan fingerprint density at radius 1 is 0.963 bits per heavy atom. The summed E-state index contributed by atoms with van der Waals surface area (Å²) in [5.74, 6) is -0.183. The minimum absolute atomic E-state index is 0.183. The third kappa shape index (κ3) is 4.48. The van der Waals surface area contributed by atoms with Gasteiger partial charge in [0.25, 0.3) is 5.91 Å². The lowest BCUT2D eigenvalue weighted by Crippen LogP contribution is -2.48. The number of hydrogen-bond acceptors (Lipinski definition) is 4. The number of anilines is 1. The first-order valence-electron chi connectivity index (χ1n) is 9.21. The van der Waals surface area contributed by atoms with Gasteiger partial charge in [0.15, 0.2) is 0 Å². The van der Waals surface area contributed by atoms with Crippen LogP contribution in [0.3, 0.4) is 0 Å². The van der Waals surface area contributed by atoms with E-state index in [9.17, 15) is 13.2 Å². The average molecular weight is 388 g/mol. The van der Waals surface area contributed by atoms with E-state index in [0.29, 0.717) is 38.3 Å². The molecule has 0 unspecified atom stereocenters. The fourth-order valence-corrected chi connectivity index (χ4v) is 4.52. The number of amides is 1. The van der Waals surface area contributed by atoms with Crippen molar-refractivity contribution in [1.82, 2.24) is 9.62 Å². The summed E-state index contributed by atoms with van der Waals surface area (Å²) >= 11 is 0. The lowest BCUT2D eigenvalue weighted by molar-refractivity contribution is 0.0953. The average Bonchev–Trinajstić information content (AvgIpc) is 2.73.